The van der Waals surface area contributed by atoms with Crippen molar-refractivity contribution in [2.45, 2.75) is 45.1 Å². The molecule has 1 aliphatic rings. The molecule has 0 saturated heterocycles. The van der Waals surface area contributed by atoms with Gasteiger partial charge < -0.3 is 5.32 Å². The number of aryl methyl sites for hydroxylation is 1. The first-order chi connectivity index (χ1) is 6.74. The third-order valence-corrected chi connectivity index (χ3v) is 3.17. The van der Waals surface area contributed by atoms with Crippen LogP contribution in [0.1, 0.15) is 38.2 Å². The molecule has 0 radical (unpaired) electrons. The van der Waals surface area contributed by atoms with Crippen LogP contribution in [-0.2, 0) is 0 Å². The maximum absolute atomic E-state index is 4.09. The van der Waals surface area contributed by atoms with Crippen molar-refractivity contribution in [3.05, 3.63) is 17.8 Å². The highest BCUT2D eigenvalue weighted by Crippen LogP contribution is 2.37. The highest BCUT2D eigenvalue weighted by atomic mass is 15.2. The SMILES string of the molecule is CCC1(Nc2cc(C)cnn2)CCC1. The summed E-state index contributed by atoms with van der Waals surface area (Å²) in [6.45, 7) is 4.27. The van der Waals surface area contributed by atoms with Gasteiger partial charge in [-0.1, -0.05) is 6.92 Å². The molecule has 0 bridgehead atoms. The lowest BCUT2D eigenvalue weighted by Crippen LogP contribution is -2.44. The van der Waals surface area contributed by atoms with E-state index in [4.69, 9.17) is 0 Å². The zero-order valence-electron chi connectivity index (χ0n) is 8.88. The topological polar surface area (TPSA) is 37.8 Å². The first kappa shape index (κ1) is 9.44. The van der Waals surface area contributed by atoms with Crippen molar-refractivity contribution >= 4 is 5.82 Å². The van der Waals surface area contributed by atoms with Gasteiger partial charge in [0.2, 0.25) is 0 Å². The molecule has 3 nitrogen and oxygen atoms in total. The van der Waals surface area contributed by atoms with Gasteiger partial charge in [0.1, 0.15) is 5.82 Å². The van der Waals surface area contributed by atoms with Crippen LogP contribution in [0.15, 0.2) is 12.3 Å². The maximum atomic E-state index is 4.09. The van der Waals surface area contributed by atoms with Crippen LogP contribution in [-0.4, -0.2) is 15.7 Å². The number of anilines is 1. The molecular formula is C11H17N3. The number of rotatable bonds is 3. The van der Waals surface area contributed by atoms with E-state index in [0.29, 0.717) is 5.54 Å². The predicted octanol–water partition coefficient (Wildman–Crippen LogP) is 2.53. The summed E-state index contributed by atoms with van der Waals surface area (Å²) in [7, 11) is 0. The van der Waals surface area contributed by atoms with Crippen molar-refractivity contribution in [2.24, 2.45) is 0 Å². The Kier molecular flexibility index (Phi) is 2.40. The average Bonchev–Trinajstić information content (AvgIpc) is 2.11. The molecule has 0 spiro atoms. The Balaban J connectivity index is 2.09. The Morgan fingerprint density at radius 3 is 2.79 bits per heavy atom. The minimum atomic E-state index is 0.308. The second-order valence-corrected chi connectivity index (χ2v) is 4.23. The summed E-state index contributed by atoms with van der Waals surface area (Å²) in [6.07, 6.45) is 6.81. The van der Waals surface area contributed by atoms with E-state index >= 15 is 0 Å². The number of nitrogens with one attached hydrogen (secondary N) is 1. The standard InChI is InChI=1S/C11H17N3/c1-3-11(5-4-6-11)13-10-7-9(2)8-12-14-10/h7-8H,3-6H2,1-2H3,(H,13,14). The molecule has 1 aromatic rings. The van der Waals surface area contributed by atoms with E-state index in [1.807, 2.05) is 6.92 Å². The Morgan fingerprint density at radius 1 is 1.50 bits per heavy atom. The Bertz CT molecular complexity index is 313. The number of nitrogens with zero attached hydrogens (tertiary/aromatic N) is 2. The Morgan fingerprint density at radius 2 is 2.29 bits per heavy atom. The van der Waals surface area contributed by atoms with Crippen molar-refractivity contribution in [2.75, 3.05) is 5.32 Å². The van der Waals surface area contributed by atoms with Gasteiger partial charge in [-0.15, -0.1) is 5.10 Å². The second kappa shape index (κ2) is 3.56. The van der Waals surface area contributed by atoms with Crippen molar-refractivity contribution in [1.82, 2.24) is 10.2 Å². The van der Waals surface area contributed by atoms with E-state index in [1.54, 1.807) is 6.20 Å². The average molecular weight is 191 g/mol. The second-order valence-electron chi connectivity index (χ2n) is 4.23. The molecule has 14 heavy (non-hydrogen) atoms. The highest BCUT2D eigenvalue weighted by molar-refractivity contribution is 5.39. The maximum Gasteiger partial charge on any atom is 0.149 e. The van der Waals surface area contributed by atoms with Crippen LogP contribution < -0.4 is 5.32 Å². The summed E-state index contributed by atoms with van der Waals surface area (Å²) in [6, 6.07) is 2.06. The third kappa shape index (κ3) is 1.72. The zero-order valence-corrected chi connectivity index (χ0v) is 8.88. The molecule has 3 heteroatoms. The highest BCUT2D eigenvalue weighted by Gasteiger charge is 2.35. The first-order valence-corrected chi connectivity index (χ1v) is 5.32. The van der Waals surface area contributed by atoms with Gasteiger partial charge in [0.25, 0.3) is 0 Å². The quantitative estimate of drug-likeness (QED) is 0.797. The van der Waals surface area contributed by atoms with Gasteiger partial charge in [-0.05, 0) is 44.2 Å². The summed E-state index contributed by atoms with van der Waals surface area (Å²) in [5.41, 5.74) is 1.47. The molecule has 1 N–H and O–H groups in total. The van der Waals surface area contributed by atoms with Crippen LogP contribution in [0.4, 0.5) is 5.82 Å². The summed E-state index contributed by atoms with van der Waals surface area (Å²) < 4.78 is 0. The van der Waals surface area contributed by atoms with Crippen molar-refractivity contribution in [3.63, 3.8) is 0 Å². The molecule has 0 amide bonds. The van der Waals surface area contributed by atoms with E-state index in [1.165, 1.54) is 25.7 Å². The van der Waals surface area contributed by atoms with E-state index < -0.39 is 0 Å². The van der Waals surface area contributed by atoms with Crippen molar-refractivity contribution < 1.29 is 0 Å². The lowest BCUT2D eigenvalue weighted by molar-refractivity contribution is 0.268. The first-order valence-electron chi connectivity index (χ1n) is 5.32. The summed E-state index contributed by atoms with van der Waals surface area (Å²) in [5, 5.41) is 11.6. The van der Waals surface area contributed by atoms with Gasteiger partial charge in [-0.2, -0.15) is 5.10 Å². The van der Waals surface area contributed by atoms with Crippen LogP contribution in [0.2, 0.25) is 0 Å². The van der Waals surface area contributed by atoms with E-state index in [9.17, 15) is 0 Å². The molecule has 0 atom stereocenters. The van der Waals surface area contributed by atoms with Crippen molar-refractivity contribution in [1.29, 1.82) is 0 Å². The van der Waals surface area contributed by atoms with Gasteiger partial charge in [-0.3, -0.25) is 0 Å². The number of aromatic nitrogens is 2. The Hall–Kier alpha value is -1.12. The van der Waals surface area contributed by atoms with E-state index in [2.05, 4.69) is 28.5 Å². The molecule has 0 unspecified atom stereocenters. The van der Waals surface area contributed by atoms with Gasteiger partial charge >= 0.3 is 0 Å². The minimum Gasteiger partial charge on any atom is -0.363 e. The van der Waals surface area contributed by atoms with Gasteiger partial charge in [0.05, 0.1) is 6.20 Å². The lowest BCUT2D eigenvalue weighted by Gasteiger charge is -2.42. The van der Waals surface area contributed by atoms with E-state index in [0.717, 1.165) is 11.4 Å². The van der Waals surface area contributed by atoms with Crippen LogP contribution in [0, 0.1) is 6.92 Å². The monoisotopic (exact) mass is 191 g/mol. The fourth-order valence-corrected chi connectivity index (χ4v) is 1.97. The molecule has 1 fully saturated rings. The summed E-state index contributed by atoms with van der Waals surface area (Å²) in [5.74, 6) is 0.923. The summed E-state index contributed by atoms with van der Waals surface area (Å²) in [4.78, 5) is 0. The molecule has 1 heterocycles. The Labute approximate surface area is 84.9 Å². The minimum absolute atomic E-state index is 0.308. The van der Waals surface area contributed by atoms with Crippen molar-refractivity contribution in [3.8, 4) is 0 Å². The van der Waals surface area contributed by atoms with E-state index in [-0.39, 0.29) is 0 Å². The van der Waals surface area contributed by atoms with Crippen LogP contribution >= 0.6 is 0 Å². The molecule has 0 aromatic carbocycles. The fraction of sp³-hybridized carbons (Fsp3) is 0.636. The van der Waals surface area contributed by atoms with Crippen LogP contribution in [0.5, 0.6) is 0 Å². The van der Waals surface area contributed by atoms with Crippen LogP contribution in [0.25, 0.3) is 0 Å². The van der Waals surface area contributed by atoms with Gasteiger partial charge in [0.15, 0.2) is 0 Å². The zero-order chi connectivity index (χ0) is 10.0. The molecule has 0 aliphatic heterocycles. The normalized spacial score (nSPS) is 18.7. The molecule has 1 aromatic heterocycles. The molecule has 2 rings (SSSR count). The number of hydrogen-bond acceptors (Lipinski definition) is 3. The smallest absolute Gasteiger partial charge is 0.149 e. The fourth-order valence-electron chi connectivity index (χ4n) is 1.97. The lowest BCUT2D eigenvalue weighted by atomic mass is 9.75. The van der Waals surface area contributed by atoms with Gasteiger partial charge in [-0.25, -0.2) is 0 Å². The van der Waals surface area contributed by atoms with Gasteiger partial charge in [0, 0.05) is 5.54 Å². The predicted molar refractivity (Wildman–Crippen MR) is 57.3 cm³/mol. The molecular weight excluding hydrogens is 174 g/mol. The molecule has 1 saturated carbocycles. The van der Waals surface area contributed by atoms with Crippen LogP contribution in [0.3, 0.4) is 0 Å². The number of hydrogen-bond donors (Lipinski definition) is 1. The molecule has 76 valence electrons. The summed E-state index contributed by atoms with van der Waals surface area (Å²) >= 11 is 0. The largest absolute Gasteiger partial charge is 0.363 e. The molecule has 1 aliphatic carbocycles. The third-order valence-electron chi connectivity index (χ3n) is 3.17.